The summed E-state index contributed by atoms with van der Waals surface area (Å²) in [5, 5.41) is 2.89. The molecule has 1 unspecified atom stereocenters. The summed E-state index contributed by atoms with van der Waals surface area (Å²) in [5.74, 6) is 1.03. The van der Waals surface area contributed by atoms with Gasteiger partial charge in [-0.05, 0) is 50.2 Å². The molecular weight excluding hydrogens is 368 g/mol. The van der Waals surface area contributed by atoms with Gasteiger partial charge < -0.3 is 19.5 Å². The number of ether oxygens (including phenoxy) is 1. The molecule has 1 aromatic carbocycles. The van der Waals surface area contributed by atoms with Gasteiger partial charge in [0.25, 0.3) is 11.8 Å². The molecule has 1 saturated heterocycles. The monoisotopic (exact) mass is 396 g/mol. The smallest absolute Gasteiger partial charge is 0.291 e. The molecule has 2 amide bonds. The Bertz CT molecular complexity index is 921. The van der Waals surface area contributed by atoms with Gasteiger partial charge in [0, 0.05) is 19.6 Å². The highest BCUT2D eigenvalue weighted by Gasteiger charge is 2.31. The minimum Gasteiger partial charge on any atom is -0.495 e. The van der Waals surface area contributed by atoms with E-state index in [9.17, 15) is 9.59 Å². The summed E-state index contributed by atoms with van der Waals surface area (Å²) in [5.41, 5.74) is 1.93. The Morgan fingerprint density at radius 3 is 2.79 bits per heavy atom. The number of aromatic nitrogens is 2. The SMILES string of the molecule is COc1ccccc1NC(=O)c1nc(C(=O)N2CCCC(C)C2)c2n1CCCC2. The van der Waals surface area contributed by atoms with Gasteiger partial charge in [0.2, 0.25) is 0 Å². The number of imidazole rings is 1. The van der Waals surface area contributed by atoms with E-state index in [-0.39, 0.29) is 11.8 Å². The number of likely N-dealkylation sites (tertiary alicyclic amines) is 1. The molecule has 0 radical (unpaired) electrons. The molecule has 0 bridgehead atoms. The molecule has 0 aliphatic carbocycles. The number of carbonyl (C=O) groups excluding carboxylic acids is 2. The van der Waals surface area contributed by atoms with E-state index < -0.39 is 0 Å². The van der Waals surface area contributed by atoms with Crippen molar-refractivity contribution in [2.75, 3.05) is 25.5 Å². The number of nitrogens with one attached hydrogen (secondary N) is 1. The van der Waals surface area contributed by atoms with E-state index in [4.69, 9.17) is 4.74 Å². The van der Waals surface area contributed by atoms with Crippen molar-refractivity contribution in [3.05, 3.63) is 41.5 Å². The summed E-state index contributed by atoms with van der Waals surface area (Å²) in [6, 6.07) is 7.27. The Kier molecular flexibility index (Phi) is 5.56. The Morgan fingerprint density at radius 2 is 2.00 bits per heavy atom. The van der Waals surface area contributed by atoms with Gasteiger partial charge >= 0.3 is 0 Å². The van der Waals surface area contributed by atoms with Gasteiger partial charge in [0.05, 0.1) is 18.5 Å². The van der Waals surface area contributed by atoms with Crippen LogP contribution in [0.25, 0.3) is 0 Å². The third-order valence-corrected chi connectivity index (χ3v) is 5.82. The lowest BCUT2D eigenvalue weighted by Gasteiger charge is -2.30. The van der Waals surface area contributed by atoms with Gasteiger partial charge in [-0.3, -0.25) is 9.59 Å². The van der Waals surface area contributed by atoms with Crippen LogP contribution in [0.15, 0.2) is 24.3 Å². The standard InChI is InChI=1S/C22H28N4O3/c1-15-8-7-12-25(14-15)22(28)19-17-10-5-6-13-26(17)20(24-19)21(27)23-16-9-3-4-11-18(16)29-2/h3-4,9,11,15H,5-8,10,12-14H2,1-2H3,(H,23,27). The van der Waals surface area contributed by atoms with Crippen molar-refractivity contribution < 1.29 is 14.3 Å². The van der Waals surface area contributed by atoms with Crippen LogP contribution >= 0.6 is 0 Å². The molecule has 1 aromatic heterocycles. The fourth-order valence-electron chi connectivity index (χ4n) is 4.34. The molecule has 4 rings (SSSR count). The van der Waals surface area contributed by atoms with Crippen LogP contribution in [-0.4, -0.2) is 46.5 Å². The van der Waals surface area contributed by atoms with E-state index in [1.165, 1.54) is 0 Å². The average molecular weight is 396 g/mol. The first kappa shape index (κ1) is 19.5. The van der Waals surface area contributed by atoms with Crippen molar-refractivity contribution in [2.45, 2.75) is 45.6 Å². The Balaban J connectivity index is 1.64. The Morgan fingerprint density at radius 1 is 1.17 bits per heavy atom. The van der Waals surface area contributed by atoms with Crippen LogP contribution in [0.3, 0.4) is 0 Å². The highest BCUT2D eigenvalue weighted by molar-refractivity contribution is 6.04. The average Bonchev–Trinajstić information content (AvgIpc) is 3.13. The first-order chi connectivity index (χ1) is 14.1. The molecule has 0 spiro atoms. The fraction of sp³-hybridized carbons (Fsp3) is 0.500. The highest BCUT2D eigenvalue weighted by Crippen LogP contribution is 2.27. The summed E-state index contributed by atoms with van der Waals surface area (Å²) >= 11 is 0. The van der Waals surface area contributed by atoms with E-state index in [2.05, 4.69) is 17.2 Å². The molecule has 1 N–H and O–H groups in total. The molecule has 2 aliphatic rings. The maximum absolute atomic E-state index is 13.2. The minimum atomic E-state index is -0.316. The normalized spacial score (nSPS) is 18.8. The van der Waals surface area contributed by atoms with Crippen LogP contribution in [0.2, 0.25) is 0 Å². The zero-order chi connectivity index (χ0) is 20.4. The number of carbonyl (C=O) groups is 2. The van der Waals surface area contributed by atoms with Gasteiger partial charge in [-0.15, -0.1) is 0 Å². The third kappa shape index (κ3) is 3.86. The number of rotatable bonds is 4. The van der Waals surface area contributed by atoms with Crippen LogP contribution in [0.1, 0.15) is 59.4 Å². The second-order valence-electron chi connectivity index (χ2n) is 7.99. The van der Waals surface area contributed by atoms with Crippen LogP contribution in [-0.2, 0) is 13.0 Å². The second-order valence-corrected chi connectivity index (χ2v) is 7.99. The van der Waals surface area contributed by atoms with E-state index in [0.717, 1.165) is 50.9 Å². The van der Waals surface area contributed by atoms with Gasteiger partial charge in [-0.1, -0.05) is 19.1 Å². The summed E-state index contributed by atoms with van der Waals surface area (Å²) in [7, 11) is 1.57. The molecule has 154 valence electrons. The Hall–Kier alpha value is -2.83. The zero-order valence-electron chi connectivity index (χ0n) is 17.1. The number of fused-ring (bicyclic) bond motifs is 1. The molecule has 29 heavy (non-hydrogen) atoms. The molecule has 7 nitrogen and oxygen atoms in total. The summed E-state index contributed by atoms with van der Waals surface area (Å²) in [6.07, 6.45) is 4.93. The molecule has 1 fully saturated rings. The predicted octanol–water partition coefficient (Wildman–Crippen LogP) is 3.35. The van der Waals surface area contributed by atoms with E-state index in [1.54, 1.807) is 19.2 Å². The van der Waals surface area contributed by atoms with Gasteiger partial charge in [-0.2, -0.15) is 0 Å². The number of amides is 2. The maximum atomic E-state index is 13.2. The Labute approximate surface area is 171 Å². The number of benzene rings is 1. The number of hydrogen-bond donors (Lipinski definition) is 1. The van der Waals surface area contributed by atoms with Crippen LogP contribution in [0.5, 0.6) is 5.75 Å². The van der Waals surface area contributed by atoms with Crippen molar-refractivity contribution in [1.82, 2.24) is 14.5 Å². The number of para-hydroxylation sites is 2. The number of hydrogen-bond acceptors (Lipinski definition) is 4. The topological polar surface area (TPSA) is 76.5 Å². The van der Waals surface area contributed by atoms with Gasteiger partial charge in [-0.25, -0.2) is 4.98 Å². The summed E-state index contributed by atoms with van der Waals surface area (Å²) < 4.78 is 7.25. The fourth-order valence-corrected chi connectivity index (χ4v) is 4.34. The molecular formula is C22H28N4O3. The molecule has 1 atom stereocenters. The lowest BCUT2D eigenvalue weighted by Crippen LogP contribution is -2.39. The molecule has 7 heteroatoms. The zero-order valence-corrected chi connectivity index (χ0v) is 17.1. The number of methoxy groups -OCH3 is 1. The third-order valence-electron chi connectivity index (χ3n) is 5.82. The van der Waals surface area contributed by atoms with Crippen LogP contribution in [0.4, 0.5) is 5.69 Å². The van der Waals surface area contributed by atoms with Gasteiger partial charge in [0.1, 0.15) is 11.4 Å². The largest absolute Gasteiger partial charge is 0.495 e. The first-order valence-electron chi connectivity index (χ1n) is 10.4. The van der Waals surface area contributed by atoms with E-state index in [0.29, 0.717) is 35.4 Å². The lowest BCUT2D eigenvalue weighted by atomic mass is 9.99. The van der Waals surface area contributed by atoms with Gasteiger partial charge in [0.15, 0.2) is 5.82 Å². The first-order valence-corrected chi connectivity index (χ1v) is 10.4. The van der Waals surface area contributed by atoms with Crippen LogP contribution in [0, 0.1) is 5.92 Å². The van der Waals surface area contributed by atoms with E-state index in [1.807, 2.05) is 21.6 Å². The van der Waals surface area contributed by atoms with Crippen molar-refractivity contribution in [1.29, 1.82) is 0 Å². The minimum absolute atomic E-state index is 0.0430. The summed E-state index contributed by atoms with van der Waals surface area (Å²) in [6.45, 7) is 4.40. The number of piperidine rings is 1. The van der Waals surface area contributed by atoms with Crippen molar-refractivity contribution >= 4 is 17.5 Å². The molecule has 2 aromatic rings. The molecule has 3 heterocycles. The lowest BCUT2D eigenvalue weighted by molar-refractivity contribution is 0.0676. The van der Waals surface area contributed by atoms with Crippen molar-refractivity contribution in [2.24, 2.45) is 5.92 Å². The molecule has 0 saturated carbocycles. The maximum Gasteiger partial charge on any atom is 0.291 e. The molecule has 2 aliphatic heterocycles. The number of nitrogens with zero attached hydrogens (tertiary/aromatic N) is 3. The second kappa shape index (κ2) is 8.27. The number of anilines is 1. The van der Waals surface area contributed by atoms with Crippen molar-refractivity contribution in [3.63, 3.8) is 0 Å². The van der Waals surface area contributed by atoms with E-state index >= 15 is 0 Å². The quantitative estimate of drug-likeness (QED) is 0.860. The highest BCUT2D eigenvalue weighted by atomic mass is 16.5. The van der Waals surface area contributed by atoms with Crippen LogP contribution < -0.4 is 10.1 Å². The van der Waals surface area contributed by atoms with Crippen molar-refractivity contribution in [3.8, 4) is 5.75 Å². The summed E-state index contributed by atoms with van der Waals surface area (Å²) in [4.78, 5) is 32.7. The predicted molar refractivity (Wildman–Crippen MR) is 110 cm³/mol.